The molecule has 0 atom stereocenters. The predicted molar refractivity (Wildman–Crippen MR) is 65.3 cm³/mol. The Hall–Kier alpha value is -2.37. The van der Waals surface area contributed by atoms with Crippen molar-refractivity contribution in [2.75, 3.05) is 5.73 Å². The van der Waals surface area contributed by atoms with Gasteiger partial charge in [0.05, 0.1) is 6.20 Å². The first-order chi connectivity index (χ1) is 8.56. The van der Waals surface area contributed by atoms with Crippen molar-refractivity contribution in [3.05, 3.63) is 47.0 Å². The number of aromatic amines is 1. The average Bonchev–Trinajstić information content (AvgIpc) is 2.70. The van der Waals surface area contributed by atoms with Crippen molar-refractivity contribution in [3.63, 3.8) is 0 Å². The fourth-order valence-corrected chi connectivity index (χ4v) is 1.57. The van der Waals surface area contributed by atoms with Crippen molar-refractivity contribution < 1.29 is 9.18 Å². The summed E-state index contributed by atoms with van der Waals surface area (Å²) in [6.07, 6.45) is 1.63. The highest BCUT2D eigenvalue weighted by atomic mass is 19.1. The molecule has 0 saturated heterocycles. The molecule has 1 aromatic carbocycles. The lowest BCUT2D eigenvalue weighted by Gasteiger charge is -2.05. The molecule has 1 amide bonds. The molecule has 2 aromatic rings. The van der Waals surface area contributed by atoms with E-state index in [-0.39, 0.29) is 17.2 Å². The lowest BCUT2D eigenvalue weighted by Crippen LogP contribution is -2.23. The van der Waals surface area contributed by atoms with Crippen molar-refractivity contribution in [2.24, 2.45) is 0 Å². The fourth-order valence-electron chi connectivity index (χ4n) is 1.57. The average molecular weight is 248 g/mol. The summed E-state index contributed by atoms with van der Waals surface area (Å²) in [4.78, 5) is 11.8. The number of carbonyl (C=O) groups excluding carboxylic acids is 1. The summed E-state index contributed by atoms with van der Waals surface area (Å²) in [6.45, 7) is 2.19. The zero-order valence-corrected chi connectivity index (χ0v) is 9.83. The Balaban J connectivity index is 2.06. The first kappa shape index (κ1) is 12.1. The summed E-state index contributed by atoms with van der Waals surface area (Å²) >= 11 is 0. The summed E-state index contributed by atoms with van der Waals surface area (Å²) in [5, 5.41) is 9.29. The van der Waals surface area contributed by atoms with Gasteiger partial charge in [-0.05, 0) is 25.1 Å². The van der Waals surface area contributed by atoms with E-state index in [0.29, 0.717) is 6.54 Å². The first-order valence-electron chi connectivity index (χ1n) is 5.39. The quantitative estimate of drug-likeness (QED) is 0.717. The van der Waals surface area contributed by atoms with Gasteiger partial charge < -0.3 is 11.1 Å². The zero-order chi connectivity index (χ0) is 13.1. The van der Waals surface area contributed by atoms with Crippen LogP contribution in [-0.4, -0.2) is 16.1 Å². The van der Waals surface area contributed by atoms with Gasteiger partial charge in [-0.2, -0.15) is 5.10 Å². The van der Waals surface area contributed by atoms with Crippen LogP contribution in [0.4, 0.5) is 10.1 Å². The van der Waals surface area contributed by atoms with E-state index < -0.39 is 5.82 Å². The molecule has 18 heavy (non-hydrogen) atoms. The topological polar surface area (TPSA) is 83.8 Å². The predicted octanol–water partition coefficient (Wildman–Crippen LogP) is 1.37. The minimum Gasteiger partial charge on any atom is -0.399 e. The molecule has 0 spiro atoms. The molecule has 0 saturated carbocycles. The molecule has 5 nitrogen and oxygen atoms in total. The number of hydrogen-bond acceptors (Lipinski definition) is 3. The van der Waals surface area contributed by atoms with E-state index in [1.54, 1.807) is 6.20 Å². The standard InChI is InChI=1S/C12H13FN4O/c1-7-9(6-16-17-7)5-15-12(18)8-2-10(13)4-11(14)3-8/h2-4,6H,5,14H2,1H3,(H,15,18)(H,16,17). The maximum absolute atomic E-state index is 13.1. The number of nitrogens with zero attached hydrogens (tertiary/aromatic N) is 1. The first-order valence-corrected chi connectivity index (χ1v) is 5.39. The van der Waals surface area contributed by atoms with Gasteiger partial charge in [0, 0.05) is 29.1 Å². The molecule has 0 bridgehead atoms. The normalized spacial score (nSPS) is 10.3. The number of anilines is 1. The van der Waals surface area contributed by atoms with Crippen molar-refractivity contribution in [1.82, 2.24) is 15.5 Å². The number of halogens is 1. The van der Waals surface area contributed by atoms with Gasteiger partial charge in [-0.25, -0.2) is 4.39 Å². The van der Waals surface area contributed by atoms with Crippen molar-refractivity contribution in [3.8, 4) is 0 Å². The molecule has 0 aliphatic carbocycles. The molecule has 1 heterocycles. The van der Waals surface area contributed by atoms with Crippen LogP contribution in [0.25, 0.3) is 0 Å². The number of amides is 1. The molecule has 0 fully saturated rings. The smallest absolute Gasteiger partial charge is 0.251 e. The van der Waals surface area contributed by atoms with E-state index >= 15 is 0 Å². The third-order valence-electron chi connectivity index (χ3n) is 2.56. The summed E-state index contributed by atoms with van der Waals surface area (Å²) in [7, 11) is 0. The monoisotopic (exact) mass is 248 g/mol. The third-order valence-corrected chi connectivity index (χ3v) is 2.56. The summed E-state index contributed by atoms with van der Waals surface area (Å²) in [6, 6.07) is 3.74. The van der Waals surface area contributed by atoms with Gasteiger partial charge in [0.2, 0.25) is 0 Å². The van der Waals surface area contributed by atoms with Crippen LogP contribution in [-0.2, 0) is 6.54 Å². The van der Waals surface area contributed by atoms with Gasteiger partial charge in [-0.15, -0.1) is 0 Å². The highest BCUT2D eigenvalue weighted by Gasteiger charge is 2.09. The van der Waals surface area contributed by atoms with Crippen LogP contribution in [0.2, 0.25) is 0 Å². The van der Waals surface area contributed by atoms with Crippen molar-refractivity contribution in [2.45, 2.75) is 13.5 Å². The maximum atomic E-state index is 13.1. The van der Waals surface area contributed by atoms with Gasteiger partial charge in [-0.1, -0.05) is 0 Å². The number of nitrogens with two attached hydrogens (primary N) is 1. The van der Waals surface area contributed by atoms with Crippen LogP contribution in [0.5, 0.6) is 0 Å². The maximum Gasteiger partial charge on any atom is 0.251 e. The fraction of sp³-hybridized carbons (Fsp3) is 0.167. The molecule has 94 valence electrons. The second-order valence-electron chi connectivity index (χ2n) is 3.98. The van der Waals surface area contributed by atoms with Gasteiger partial charge in [0.15, 0.2) is 0 Å². The highest BCUT2D eigenvalue weighted by molar-refractivity contribution is 5.95. The lowest BCUT2D eigenvalue weighted by molar-refractivity contribution is 0.0950. The van der Waals surface area contributed by atoms with Gasteiger partial charge >= 0.3 is 0 Å². The number of benzene rings is 1. The van der Waals surface area contributed by atoms with E-state index in [1.807, 2.05) is 6.92 Å². The molecule has 0 radical (unpaired) electrons. The molecule has 0 unspecified atom stereocenters. The number of rotatable bonds is 3. The van der Waals surface area contributed by atoms with E-state index in [1.165, 1.54) is 6.07 Å². The molecule has 6 heteroatoms. The van der Waals surface area contributed by atoms with Crippen LogP contribution in [0, 0.1) is 12.7 Å². The molecule has 1 aromatic heterocycles. The number of aryl methyl sites for hydroxylation is 1. The number of hydrogen-bond donors (Lipinski definition) is 3. The van der Waals surface area contributed by atoms with E-state index in [9.17, 15) is 9.18 Å². The Labute approximate surface area is 103 Å². The minimum absolute atomic E-state index is 0.202. The Morgan fingerprint density at radius 3 is 2.89 bits per heavy atom. The van der Waals surface area contributed by atoms with Crippen LogP contribution in [0.1, 0.15) is 21.6 Å². The number of carbonyl (C=O) groups is 1. The summed E-state index contributed by atoms with van der Waals surface area (Å²) in [5.41, 5.74) is 7.67. The Bertz CT molecular complexity index is 559. The molecule has 0 aliphatic heterocycles. The lowest BCUT2D eigenvalue weighted by atomic mass is 10.1. The minimum atomic E-state index is -0.528. The second-order valence-corrected chi connectivity index (χ2v) is 3.98. The van der Waals surface area contributed by atoms with Crippen LogP contribution in [0.3, 0.4) is 0 Å². The van der Waals surface area contributed by atoms with E-state index in [0.717, 1.165) is 23.4 Å². The molecule has 4 N–H and O–H groups in total. The van der Waals surface area contributed by atoms with Gasteiger partial charge in [0.25, 0.3) is 5.91 Å². The molecule has 0 aliphatic rings. The van der Waals surface area contributed by atoms with E-state index in [2.05, 4.69) is 15.5 Å². The summed E-state index contributed by atoms with van der Waals surface area (Å²) < 4.78 is 13.1. The van der Waals surface area contributed by atoms with Crippen molar-refractivity contribution in [1.29, 1.82) is 0 Å². The Morgan fingerprint density at radius 2 is 2.28 bits per heavy atom. The SMILES string of the molecule is Cc1[nH]ncc1CNC(=O)c1cc(N)cc(F)c1. The summed E-state index contributed by atoms with van der Waals surface area (Å²) in [5.74, 6) is -0.901. The third kappa shape index (κ3) is 2.65. The number of aromatic nitrogens is 2. The Kier molecular flexibility index (Phi) is 3.27. The molecular weight excluding hydrogens is 235 g/mol. The Morgan fingerprint density at radius 1 is 1.50 bits per heavy atom. The number of nitrogen functional groups attached to an aromatic ring is 1. The van der Waals surface area contributed by atoms with Gasteiger partial charge in [0.1, 0.15) is 5.82 Å². The second kappa shape index (κ2) is 4.87. The van der Waals surface area contributed by atoms with Crippen LogP contribution in [0.15, 0.2) is 24.4 Å². The van der Waals surface area contributed by atoms with Crippen LogP contribution >= 0.6 is 0 Å². The number of nitrogens with one attached hydrogen (secondary N) is 2. The molecular formula is C12H13FN4O. The van der Waals surface area contributed by atoms with E-state index in [4.69, 9.17) is 5.73 Å². The highest BCUT2D eigenvalue weighted by Crippen LogP contribution is 2.11. The molecule has 2 rings (SSSR count). The van der Waals surface area contributed by atoms with Crippen LogP contribution < -0.4 is 11.1 Å². The zero-order valence-electron chi connectivity index (χ0n) is 9.83. The van der Waals surface area contributed by atoms with Crippen molar-refractivity contribution >= 4 is 11.6 Å². The largest absolute Gasteiger partial charge is 0.399 e. The van der Waals surface area contributed by atoms with Gasteiger partial charge in [-0.3, -0.25) is 9.89 Å². The number of H-pyrrole nitrogens is 1.